The van der Waals surface area contributed by atoms with Gasteiger partial charge in [0.1, 0.15) is 5.75 Å². The van der Waals surface area contributed by atoms with Crippen molar-refractivity contribution in [2.75, 3.05) is 18.0 Å². The van der Waals surface area contributed by atoms with Crippen molar-refractivity contribution in [3.63, 3.8) is 0 Å². The van der Waals surface area contributed by atoms with Crippen LogP contribution >= 0.6 is 34.8 Å². The molecule has 8 heteroatoms. The van der Waals surface area contributed by atoms with Crippen LogP contribution in [0.4, 0.5) is 5.69 Å². The van der Waals surface area contributed by atoms with Crippen molar-refractivity contribution >= 4 is 50.5 Å². The van der Waals surface area contributed by atoms with Gasteiger partial charge < -0.3 is 4.74 Å². The molecule has 0 heterocycles. The molecule has 0 unspecified atom stereocenters. The van der Waals surface area contributed by atoms with Crippen LogP contribution in [0.25, 0.3) is 0 Å². The second-order valence-electron chi connectivity index (χ2n) is 4.56. The molecule has 0 aromatic heterocycles. The highest BCUT2D eigenvalue weighted by Crippen LogP contribution is 2.34. The monoisotopic (exact) mass is 393 g/mol. The van der Waals surface area contributed by atoms with Gasteiger partial charge in [0.25, 0.3) is 10.0 Å². The van der Waals surface area contributed by atoms with Crippen molar-refractivity contribution in [2.45, 2.75) is 11.8 Å². The lowest BCUT2D eigenvalue weighted by Gasteiger charge is -2.24. The zero-order chi connectivity index (χ0) is 17.2. The average Bonchev–Trinajstić information content (AvgIpc) is 2.51. The molecule has 2 rings (SSSR count). The number of anilines is 1. The normalized spacial score (nSPS) is 11.3. The molecular formula is C15H14Cl3NO3S. The van der Waals surface area contributed by atoms with Crippen molar-refractivity contribution < 1.29 is 13.2 Å². The van der Waals surface area contributed by atoms with Gasteiger partial charge in [-0.25, -0.2) is 8.42 Å². The van der Waals surface area contributed by atoms with Gasteiger partial charge >= 0.3 is 0 Å². The van der Waals surface area contributed by atoms with E-state index in [4.69, 9.17) is 39.5 Å². The summed E-state index contributed by atoms with van der Waals surface area (Å²) < 4.78 is 32.0. The van der Waals surface area contributed by atoms with Gasteiger partial charge in [0.05, 0.1) is 27.7 Å². The zero-order valence-corrected chi connectivity index (χ0v) is 15.5. The number of hydrogen-bond donors (Lipinski definition) is 0. The molecule has 2 aromatic carbocycles. The lowest BCUT2D eigenvalue weighted by molar-refractivity contribution is 0.414. The Labute approximate surface area is 150 Å². The van der Waals surface area contributed by atoms with E-state index < -0.39 is 10.0 Å². The number of rotatable bonds is 5. The fraction of sp³-hybridized carbons (Fsp3) is 0.200. The maximum absolute atomic E-state index is 12.9. The maximum Gasteiger partial charge on any atom is 0.264 e. The molecule has 2 aromatic rings. The largest absolute Gasteiger partial charge is 0.495 e. The van der Waals surface area contributed by atoms with E-state index in [9.17, 15) is 8.42 Å². The molecule has 0 atom stereocenters. The second-order valence-corrected chi connectivity index (χ2v) is 7.68. The summed E-state index contributed by atoms with van der Waals surface area (Å²) in [7, 11) is -2.38. The second kappa shape index (κ2) is 7.18. The molecule has 0 radical (unpaired) electrons. The van der Waals surface area contributed by atoms with Crippen molar-refractivity contribution in [3.8, 4) is 5.75 Å². The number of methoxy groups -OCH3 is 1. The Kier molecular flexibility index (Phi) is 5.68. The van der Waals surface area contributed by atoms with E-state index in [1.54, 1.807) is 19.1 Å². The standard InChI is InChI=1S/C15H14Cl3NO3S/c1-3-19(14-8-10(16)4-6-12(14)17)23(20,21)11-5-7-15(22-2)13(18)9-11/h4-9H,3H2,1-2H3. The predicted molar refractivity (Wildman–Crippen MR) is 94.7 cm³/mol. The minimum Gasteiger partial charge on any atom is -0.495 e. The summed E-state index contributed by atoms with van der Waals surface area (Å²) in [5.74, 6) is 0.398. The molecule has 0 spiro atoms. The van der Waals surface area contributed by atoms with E-state index in [-0.39, 0.29) is 16.5 Å². The van der Waals surface area contributed by atoms with E-state index in [2.05, 4.69) is 0 Å². The first-order valence-electron chi connectivity index (χ1n) is 6.62. The van der Waals surface area contributed by atoms with E-state index >= 15 is 0 Å². The smallest absolute Gasteiger partial charge is 0.264 e. The van der Waals surface area contributed by atoms with Gasteiger partial charge in [-0.15, -0.1) is 0 Å². The highest BCUT2D eigenvalue weighted by molar-refractivity contribution is 7.92. The van der Waals surface area contributed by atoms with Crippen molar-refractivity contribution in [1.82, 2.24) is 0 Å². The Balaban J connectivity index is 2.55. The van der Waals surface area contributed by atoms with E-state index in [1.807, 2.05) is 0 Å². The average molecular weight is 395 g/mol. The molecule has 0 bridgehead atoms. The zero-order valence-electron chi connectivity index (χ0n) is 12.4. The third kappa shape index (κ3) is 3.69. The van der Waals surface area contributed by atoms with Crippen LogP contribution in [0.1, 0.15) is 6.92 Å². The Morgan fingerprint density at radius 3 is 2.30 bits per heavy atom. The summed E-state index contributed by atoms with van der Waals surface area (Å²) in [6.07, 6.45) is 0. The van der Waals surface area contributed by atoms with Gasteiger partial charge in [-0.1, -0.05) is 34.8 Å². The molecule has 0 saturated carbocycles. The molecule has 124 valence electrons. The molecule has 0 aliphatic carbocycles. The Morgan fingerprint density at radius 1 is 1.04 bits per heavy atom. The first-order valence-corrected chi connectivity index (χ1v) is 9.20. The summed E-state index contributed by atoms with van der Waals surface area (Å²) in [4.78, 5) is 0.0428. The number of halogens is 3. The summed E-state index contributed by atoms with van der Waals surface area (Å²) in [5.41, 5.74) is 0.314. The molecule has 0 amide bonds. The van der Waals surface area contributed by atoms with Crippen LogP contribution in [0.2, 0.25) is 15.1 Å². The highest BCUT2D eigenvalue weighted by Gasteiger charge is 2.26. The van der Waals surface area contributed by atoms with Crippen LogP contribution < -0.4 is 9.04 Å². The van der Waals surface area contributed by atoms with Crippen molar-refractivity contribution in [3.05, 3.63) is 51.5 Å². The summed E-state index contributed by atoms with van der Waals surface area (Å²) in [6.45, 7) is 1.89. The fourth-order valence-electron chi connectivity index (χ4n) is 2.08. The van der Waals surface area contributed by atoms with Gasteiger partial charge in [0, 0.05) is 11.6 Å². The van der Waals surface area contributed by atoms with Crippen LogP contribution in [-0.4, -0.2) is 22.1 Å². The quantitative estimate of drug-likeness (QED) is 0.727. The third-order valence-electron chi connectivity index (χ3n) is 3.18. The molecule has 4 nitrogen and oxygen atoms in total. The van der Waals surface area contributed by atoms with Crippen LogP contribution in [-0.2, 0) is 10.0 Å². The summed E-state index contributed by atoms with van der Waals surface area (Å²) in [6, 6.07) is 8.94. The Bertz CT molecular complexity index is 825. The predicted octanol–water partition coefficient (Wildman–Crippen LogP) is 4.87. The molecule has 23 heavy (non-hydrogen) atoms. The van der Waals surface area contributed by atoms with Crippen molar-refractivity contribution in [1.29, 1.82) is 0 Å². The number of hydrogen-bond acceptors (Lipinski definition) is 3. The number of ether oxygens (including phenoxy) is 1. The van der Waals surface area contributed by atoms with Gasteiger partial charge in [-0.05, 0) is 43.3 Å². The molecular weight excluding hydrogens is 381 g/mol. The lowest BCUT2D eigenvalue weighted by Crippen LogP contribution is -2.31. The lowest BCUT2D eigenvalue weighted by atomic mass is 10.3. The minimum atomic E-state index is -3.84. The highest BCUT2D eigenvalue weighted by atomic mass is 35.5. The van der Waals surface area contributed by atoms with Crippen LogP contribution in [0.3, 0.4) is 0 Å². The topological polar surface area (TPSA) is 46.6 Å². The minimum absolute atomic E-state index is 0.0428. The summed E-state index contributed by atoms with van der Waals surface area (Å²) in [5, 5.41) is 0.895. The first-order chi connectivity index (χ1) is 10.8. The molecule has 0 N–H and O–H groups in total. The van der Waals surface area contributed by atoms with Gasteiger partial charge in [0.15, 0.2) is 0 Å². The SMILES string of the molecule is CCN(c1cc(Cl)ccc1Cl)S(=O)(=O)c1ccc(OC)c(Cl)c1. The maximum atomic E-state index is 12.9. The van der Waals surface area contributed by atoms with Crippen LogP contribution in [0.5, 0.6) is 5.75 Å². The van der Waals surface area contributed by atoms with E-state index in [1.165, 1.54) is 35.7 Å². The van der Waals surface area contributed by atoms with E-state index in [0.29, 0.717) is 21.5 Å². The van der Waals surface area contributed by atoms with Crippen molar-refractivity contribution in [2.24, 2.45) is 0 Å². The fourth-order valence-corrected chi connectivity index (χ4v) is 4.35. The molecule has 0 saturated heterocycles. The van der Waals surface area contributed by atoms with E-state index in [0.717, 1.165) is 0 Å². The number of nitrogens with zero attached hydrogens (tertiary/aromatic N) is 1. The van der Waals surface area contributed by atoms with Crippen LogP contribution in [0.15, 0.2) is 41.3 Å². The number of benzene rings is 2. The van der Waals surface area contributed by atoms with Gasteiger partial charge in [0.2, 0.25) is 0 Å². The van der Waals surface area contributed by atoms with Gasteiger partial charge in [-0.2, -0.15) is 0 Å². The first kappa shape index (κ1) is 18.2. The summed E-state index contributed by atoms with van der Waals surface area (Å²) >= 11 is 18.1. The Morgan fingerprint density at radius 2 is 1.74 bits per heavy atom. The number of sulfonamides is 1. The molecule has 0 fully saturated rings. The third-order valence-corrected chi connectivity index (χ3v) is 5.91. The Hall–Kier alpha value is -1.14. The van der Waals surface area contributed by atoms with Gasteiger partial charge in [-0.3, -0.25) is 4.31 Å². The van der Waals surface area contributed by atoms with Crippen LogP contribution in [0, 0.1) is 0 Å². The molecule has 0 aliphatic rings. The molecule has 0 aliphatic heterocycles.